The van der Waals surface area contributed by atoms with Crippen LogP contribution in [0.1, 0.15) is 33.1 Å². The fraction of sp³-hybridized carbons (Fsp3) is 0.909. The fourth-order valence-electron chi connectivity index (χ4n) is 2.45. The molecule has 2 unspecified atom stereocenters. The second-order valence-electron chi connectivity index (χ2n) is 4.75. The number of nitrogens with zero attached hydrogens (tertiary/aromatic N) is 1. The van der Waals surface area contributed by atoms with Crippen molar-refractivity contribution in [3.8, 4) is 0 Å². The first-order chi connectivity index (χ1) is 7.10. The third-order valence-electron chi connectivity index (χ3n) is 3.51. The molecule has 1 spiro atoms. The highest BCUT2D eigenvalue weighted by Gasteiger charge is 2.58. The van der Waals surface area contributed by atoms with Gasteiger partial charge in [0.05, 0.1) is 11.7 Å². The van der Waals surface area contributed by atoms with E-state index in [-0.39, 0.29) is 11.7 Å². The van der Waals surface area contributed by atoms with E-state index in [2.05, 4.69) is 25.4 Å². The average Bonchev–Trinajstić information content (AvgIpc) is 2.90. The minimum atomic E-state index is -0.146. The molecular weight excluding hydrogens is 208 g/mol. The van der Waals surface area contributed by atoms with E-state index in [9.17, 15) is 4.79 Å². The molecule has 0 radical (unpaired) electrons. The van der Waals surface area contributed by atoms with Crippen molar-refractivity contribution in [1.29, 1.82) is 0 Å². The highest BCUT2D eigenvalue weighted by Crippen LogP contribution is 2.42. The lowest BCUT2D eigenvalue weighted by Gasteiger charge is -2.28. The third-order valence-corrected chi connectivity index (χ3v) is 4.15. The lowest BCUT2D eigenvalue weighted by molar-refractivity contribution is -0.132. The van der Waals surface area contributed by atoms with E-state index in [4.69, 9.17) is 0 Å². The number of hydrogen-bond acceptors (Lipinski definition) is 3. The van der Waals surface area contributed by atoms with Crippen LogP contribution in [0, 0.1) is 0 Å². The molecule has 1 heterocycles. The Bertz CT molecular complexity index is 265. The summed E-state index contributed by atoms with van der Waals surface area (Å²) in [6, 6.07) is 0.368. The summed E-state index contributed by atoms with van der Waals surface area (Å²) in [5.41, 5.74) is -0.146. The summed E-state index contributed by atoms with van der Waals surface area (Å²) >= 11 is 1.85. The van der Waals surface area contributed by atoms with Crippen LogP contribution in [0.15, 0.2) is 0 Å². The quantitative estimate of drug-likeness (QED) is 0.790. The number of nitrogens with one attached hydrogen (secondary N) is 1. The van der Waals surface area contributed by atoms with Crippen molar-refractivity contribution in [3.63, 3.8) is 0 Å². The van der Waals surface area contributed by atoms with Gasteiger partial charge in [0.25, 0.3) is 0 Å². The normalized spacial score (nSPS) is 29.9. The van der Waals surface area contributed by atoms with Gasteiger partial charge < -0.3 is 4.90 Å². The van der Waals surface area contributed by atoms with Crippen LogP contribution in [0.5, 0.6) is 0 Å². The molecular formula is C11H20N2OS. The second-order valence-corrected chi connectivity index (χ2v) is 5.73. The molecule has 3 nitrogen and oxygen atoms in total. The molecule has 0 aromatic heterocycles. The van der Waals surface area contributed by atoms with E-state index >= 15 is 0 Å². The first kappa shape index (κ1) is 11.3. The maximum absolute atomic E-state index is 12.2. The molecule has 0 bridgehead atoms. The predicted octanol–water partition coefficient (Wildman–Crippen LogP) is 1.44. The van der Waals surface area contributed by atoms with Crippen molar-refractivity contribution < 1.29 is 4.79 Å². The summed E-state index contributed by atoms with van der Waals surface area (Å²) in [6.45, 7) is 4.26. The zero-order valence-corrected chi connectivity index (χ0v) is 10.6. The van der Waals surface area contributed by atoms with Crippen LogP contribution < -0.4 is 5.32 Å². The molecule has 2 rings (SSSR count). The number of carbonyl (C=O) groups is 1. The molecule has 15 heavy (non-hydrogen) atoms. The van der Waals surface area contributed by atoms with Crippen LogP contribution in [0.4, 0.5) is 0 Å². The molecule has 4 heteroatoms. The molecule has 2 fully saturated rings. The monoisotopic (exact) mass is 228 g/mol. The Morgan fingerprint density at radius 1 is 1.67 bits per heavy atom. The van der Waals surface area contributed by atoms with E-state index in [1.165, 1.54) is 0 Å². The highest BCUT2D eigenvalue weighted by atomic mass is 32.2. The van der Waals surface area contributed by atoms with Gasteiger partial charge >= 0.3 is 0 Å². The van der Waals surface area contributed by atoms with Gasteiger partial charge in [0.15, 0.2) is 0 Å². The fourth-order valence-corrected chi connectivity index (χ4v) is 3.02. The molecule has 1 amide bonds. The van der Waals surface area contributed by atoms with Crippen LogP contribution in [0.3, 0.4) is 0 Å². The maximum atomic E-state index is 12.2. The molecule has 1 aliphatic carbocycles. The molecule has 2 atom stereocenters. The predicted molar refractivity (Wildman–Crippen MR) is 63.9 cm³/mol. The van der Waals surface area contributed by atoms with Crippen molar-refractivity contribution in [3.05, 3.63) is 0 Å². The number of thioether (sulfide) groups is 1. The summed E-state index contributed by atoms with van der Waals surface area (Å²) in [4.78, 5) is 14.2. The van der Waals surface area contributed by atoms with E-state index in [0.29, 0.717) is 11.9 Å². The Morgan fingerprint density at radius 3 is 2.80 bits per heavy atom. The Balaban J connectivity index is 1.99. The third kappa shape index (κ3) is 1.89. The van der Waals surface area contributed by atoms with E-state index in [0.717, 1.165) is 25.0 Å². The van der Waals surface area contributed by atoms with Crippen LogP contribution in [0.25, 0.3) is 0 Å². The second kappa shape index (κ2) is 3.98. The summed E-state index contributed by atoms with van der Waals surface area (Å²) in [5.74, 6) is 1.47. The number of hydrogen-bond donors (Lipinski definition) is 1. The first-order valence-electron chi connectivity index (χ1n) is 5.70. The van der Waals surface area contributed by atoms with Gasteiger partial charge in [-0.3, -0.25) is 10.1 Å². The highest BCUT2D eigenvalue weighted by molar-refractivity contribution is 7.98. The molecule has 1 N–H and O–H groups in total. The Labute approximate surface area is 96.0 Å². The molecule has 0 aromatic rings. The van der Waals surface area contributed by atoms with Gasteiger partial charge in [0, 0.05) is 6.04 Å². The molecule has 1 aliphatic heterocycles. The Kier molecular flexibility index (Phi) is 2.99. The Morgan fingerprint density at radius 2 is 2.33 bits per heavy atom. The van der Waals surface area contributed by atoms with Crippen molar-refractivity contribution >= 4 is 17.7 Å². The van der Waals surface area contributed by atoms with Crippen LogP contribution in [0.2, 0.25) is 0 Å². The van der Waals surface area contributed by atoms with Gasteiger partial charge in [0.1, 0.15) is 0 Å². The van der Waals surface area contributed by atoms with Gasteiger partial charge in [-0.1, -0.05) is 0 Å². The van der Waals surface area contributed by atoms with Gasteiger partial charge in [-0.15, -0.1) is 0 Å². The van der Waals surface area contributed by atoms with Crippen LogP contribution in [-0.4, -0.2) is 40.6 Å². The number of carbonyl (C=O) groups excluding carboxylic acids is 1. The SMILES string of the molecule is CSCCC(C)N1C(=O)C2(CC2)NC1C. The molecule has 2 aliphatic rings. The molecule has 0 aromatic carbocycles. The van der Waals surface area contributed by atoms with Gasteiger partial charge in [-0.25, -0.2) is 0 Å². The zero-order valence-electron chi connectivity index (χ0n) is 9.75. The summed E-state index contributed by atoms with van der Waals surface area (Å²) in [7, 11) is 0. The van der Waals surface area contributed by atoms with E-state index in [1.807, 2.05) is 16.7 Å². The van der Waals surface area contributed by atoms with Crippen molar-refractivity contribution in [2.75, 3.05) is 12.0 Å². The zero-order chi connectivity index (χ0) is 11.1. The lowest BCUT2D eigenvalue weighted by atomic mass is 10.2. The van der Waals surface area contributed by atoms with Gasteiger partial charge in [-0.2, -0.15) is 11.8 Å². The van der Waals surface area contributed by atoms with Crippen molar-refractivity contribution in [2.24, 2.45) is 0 Å². The van der Waals surface area contributed by atoms with Crippen LogP contribution in [-0.2, 0) is 4.79 Å². The number of amides is 1. The minimum absolute atomic E-state index is 0.146. The van der Waals surface area contributed by atoms with E-state index < -0.39 is 0 Å². The van der Waals surface area contributed by atoms with Gasteiger partial charge in [-0.05, 0) is 45.1 Å². The molecule has 1 saturated carbocycles. The molecule has 1 saturated heterocycles. The summed E-state index contributed by atoms with van der Waals surface area (Å²) < 4.78 is 0. The Hall–Kier alpha value is -0.220. The summed E-state index contributed by atoms with van der Waals surface area (Å²) in [5, 5.41) is 3.43. The average molecular weight is 228 g/mol. The standard InChI is InChI=1S/C11H20N2OS/c1-8(4-7-15-3)13-9(2)12-11(5-6-11)10(13)14/h8-9,12H,4-7H2,1-3H3. The van der Waals surface area contributed by atoms with Crippen molar-refractivity contribution in [2.45, 2.75) is 50.9 Å². The lowest BCUT2D eigenvalue weighted by Crippen LogP contribution is -2.41. The maximum Gasteiger partial charge on any atom is 0.244 e. The number of rotatable bonds is 4. The topological polar surface area (TPSA) is 32.3 Å². The summed E-state index contributed by atoms with van der Waals surface area (Å²) in [6.07, 6.45) is 5.48. The van der Waals surface area contributed by atoms with Crippen LogP contribution >= 0.6 is 11.8 Å². The van der Waals surface area contributed by atoms with Crippen molar-refractivity contribution in [1.82, 2.24) is 10.2 Å². The van der Waals surface area contributed by atoms with Gasteiger partial charge in [0.2, 0.25) is 5.91 Å². The minimum Gasteiger partial charge on any atom is -0.323 e. The molecule has 86 valence electrons. The first-order valence-corrected chi connectivity index (χ1v) is 7.09. The van der Waals surface area contributed by atoms with E-state index in [1.54, 1.807) is 0 Å². The largest absolute Gasteiger partial charge is 0.323 e. The smallest absolute Gasteiger partial charge is 0.244 e.